The van der Waals surface area contributed by atoms with Crippen molar-refractivity contribution in [2.75, 3.05) is 32.9 Å². The first-order valence-electron chi connectivity index (χ1n) is 10.5. The van der Waals surface area contributed by atoms with Gasteiger partial charge in [0, 0.05) is 37.5 Å². The summed E-state index contributed by atoms with van der Waals surface area (Å²) < 4.78 is 11.7. The average molecular weight is 418 g/mol. The Morgan fingerprint density at radius 3 is 2.74 bits per heavy atom. The molecule has 4 rings (SSSR count). The maximum Gasteiger partial charge on any atom is 0.236 e. The van der Waals surface area contributed by atoms with Gasteiger partial charge < -0.3 is 20.1 Å². The van der Waals surface area contributed by atoms with Crippen molar-refractivity contribution in [2.45, 2.75) is 13.0 Å². The molecule has 1 aliphatic heterocycles. The number of nitrogens with two attached hydrogens (primary N) is 1. The molecule has 1 amide bonds. The first-order chi connectivity index (χ1) is 15.2. The van der Waals surface area contributed by atoms with Crippen LogP contribution in [0.1, 0.15) is 16.7 Å². The standard InChI is InChI=1S/C25H27N3O3/c26-16-25(29)28-9-10-30-11-12-31-24-7-6-21(22-5-2-8-27-17-22)15-23(24)14-19-3-1-4-20(13-19)18-28/h1-8,13,15,17H,9-12,14,16,18,26H2. The van der Waals surface area contributed by atoms with E-state index in [1.807, 2.05) is 30.5 Å². The van der Waals surface area contributed by atoms with Gasteiger partial charge >= 0.3 is 0 Å². The van der Waals surface area contributed by atoms with Crippen molar-refractivity contribution in [1.82, 2.24) is 9.88 Å². The minimum Gasteiger partial charge on any atom is -0.491 e. The van der Waals surface area contributed by atoms with Gasteiger partial charge in [0.2, 0.25) is 5.91 Å². The molecule has 1 aromatic heterocycles. The summed E-state index contributed by atoms with van der Waals surface area (Å²) in [5.74, 6) is 0.780. The number of carbonyl (C=O) groups is 1. The summed E-state index contributed by atoms with van der Waals surface area (Å²) >= 11 is 0. The number of aromatic nitrogens is 1. The smallest absolute Gasteiger partial charge is 0.236 e. The van der Waals surface area contributed by atoms with Crippen LogP contribution in [0.15, 0.2) is 67.0 Å². The number of ether oxygens (including phenoxy) is 2. The Kier molecular flexibility index (Phi) is 6.92. The second-order valence-electron chi connectivity index (χ2n) is 7.54. The molecule has 1 aliphatic rings. The van der Waals surface area contributed by atoms with Crippen LogP contribution in [0.25, 0.3) is 11.1 Å². The molecule has 2 bridgehead atoms. The minimum atomic E-state index is -0.0798. The van der Waals surface area contributed by atoms with Crippen LogP contribution in [0.2, 0.25) is 0 Å². The van der Waals surface area contributed by atoms with E-state index in [0.29, 0.717) is 32.9 Å². The normalized spacial score (nSPS) is 14.8. The third kappa shape index (κ3) is 5.48. The van der Waals surface area contributed by atoms with Gasteiger partial charge in [-0.1, -0.05) is 36.4 Å². The van der Waals surface area contributed by atoms with Crippen molar-refractivity contribution in [2.24, 2.45) is 5.73 Å². The van der Waals surface area contributed by atoms with Crippen molar-refractivity contribution in [1.29, 1.82) is 0 Å². The summed E-state index contributed by atoms with van der Waals surface area (Å²) in [6.45, 7) is 2.37. The van der Waals surface area contributed by atoms with Gasteiger partial charge in [0.25, 0.3) is 0 Å². The molecule has 2 N–H and O–H groups in total. The lowest BCUT2D eigenvalue weighted by Gasteiger charge is -2.23. The fourth-order valence-electron chi connectivity index (χ4n) is 3.76. The lowest BCUT2D eigenvalue weighted by Crippen LogP contribution is -2.38. The molecule has 6 heteroatoms. The highest BCUT2D eigenvalue weighted by Crippen LogP contribution is 2.29. The molecule has 6 nitrogen and oxygen atoms in total. The SMILES string of the molecule is NCC(=O)N1CCOCCOc2ccc(-c3cccnc3)cc2Cc2cccc(c2)C1. The zero-order chi connectivity index (χ0) is 21.5. The highest BCUT2D eigenvalue weighted by molar-refractivity contribution is 5.78. The molecule has 2 aromatic carbocycles. The number of hydrogen-bond donors (Lipinski definition) is 1. The van der Waals surface area contributed by atoms with Gasteiger partial charge in [0.05, 0.1) is 19.8 Å². The summed E-state index contributed by atoms with van der Waals surface area (Å²) in [6.07, 6.45) is 4.36. The number of hydrogen-bond acceptors (Lipinski definition) is 5. The maximum atomic E-state index is 12.3. The number of pyridine rings is 1. The number of rotatable bonds is 2. The zero-order valence-electron chi connectivity index (χ0n) is 17.5. The second-order valence-corrected chi connectivity index (χ2v) is 7.54. The van der Waals surface area contributed by atoms with E-state index in [1.165, 1.54) is 5.56 Å². The summed E-state index contributed by atoms with van der Waals surface area (Å²) in [5, 5.41) is 0. The van der Waals surface area contributed by atoms with Crippen molar-refractivity contribution >= 4 is 5.91 Å². The van der Waals surface area contributed by atoms with Crippen molar-refractivity contribution in [3.63, 3.8) is 0 Å². The summed E-state index contributed by atoms with van der Waals surface area (Å²) in [7, 11) is 0. The molecule has 0 saturated heterocycles. The Hall–Kier alpha value is -3.22. The van der Waals surface area contributed by atoms with Crippen LogP contribution in [0, 0.1) is 0 Å². The Balaban J connectivity index is 1.66. The van der Waals surface area contributed by atoms with Gasteiger partial charge in [-0.2, -0.15) is 0 Å². The second kappa shape index (κ2) is 10.2. The van der Waals surface area contributed by atoms with Gasteiger partial charge in [-0.05, 0) is 40.5 Å². The molecule has 0 saturated carbocycles. The Labute approximate surface area is 182 Å². The van der Waals surface area contributed by atoms with E-state index in [4.69, 9.17) is 15.2 Å². The van der Waals surface area contributed by atoms with Crippen LogP contribution in [0.5, 0.6) is 5.75 Å². The van der Waals surface area contributed by atoms with E-state index in [9.17, 15) is 4.79 Å². The number of carbonyl (C=O) groups excluding carboxylic acids is 1. The number of amides is 1. The fraction of sp³-hybridized carbons (Fsp3) is 0.280. The van der Waals surface area contributed by atoms with Gasteiger partial charge in [0.15, 0.2) is 0 Å². The van der Waals surface area contributed by atoms with E-state index < -0.39 is 0 Å². The van der Waals surface area contributed by atoms with Crippen LogP contribution < -0.4 is 10.5 Å². The highest BCUT2D eigenvalue weighted by Gasteiger charge is 2.14. The predicted octanol–water partition coefficient (Wildman–Crippen LogP) is 3.04. The Morgan fingerprint density at radius 2 is 1.90 bits per heavy atom. The molecular formula is C25H27N3O3. The van der Waals surface area contributed by atoms with Gasteiger partial charge in [-0.3, -0.25) is 9.78 Å². The molecule has 0 radical (unpaired) electrons. The summed E-state index contributed by atoms with van der Waals surface area (Å²) in [4.78, 5) is 18.2. The van der Waals surface area contributed by atoms with E-state index in [2.05, 4.69) is 35.3 Å². The van der Waals surface area contributed by atoms with E-state index >= 15 is 0 Å². The summed E-state index contributed by atoms with van der Waals surface area (Å²) in [6, 6.07) is 18.6. The number of nitrogens with zero attached hydrogens (tertiary/aromatic N) is 2. The monoisotopic (exact) mass is 417 g/mol. The molecule has 0 unspecified atom stereocenters. The van der Waals surface area contributed by atoms with Crippen molar-refractivity contribution < 1.29 is 14.3 Å². The Morgan fingerprint density at radius 1 is 1.00 bits per heavy atom. The topological polar surface area (TPSA) is 77.7 Å². The first-order valence-corrected chi connectivity index (χ1v) is 10.5. The van der Waals surface area contributed by atoms with Crippen LogP contribution in [0.4, 0.5) is 0 Å². The number of fused-ring (bicyclic) bond motifs is 3. The van der Waals surface area contributed by atoms with Gasteiger partial charge in [-0.25, -0.2) is 0 Å². The lowest BCUT2D eigenvalue weighted by molar-refractivity contribution is -0.131. The first kappa shape index (κ1) is 21.0. The largest absolute Gasteiger partial charge is 0.491 e. The van der Waals surface area contributed by atoms with Crippen molar-refractivity contribution in [3.05, 3.63) is 83.7 Å². The lowest BCUT2D eigenvalue weighted by atomic mass is 9.98. The highest BCUT2D eigenvalue weighted by atomic mass is 16.5. The molecule has 0 atom stereocenters. The third-order valence-electron chi connectivity index (χ3n) is 5.33. The third-order valence-corrected chi connectivity index (χ3v) is 5.33. The Bertz CT molecular complexity index is 1020. The summed E-state index contributed by atoms with van der Waals surface area (Å²) in [5.41, 5.74) is 11.1. The predicted molar refractivity (Wildman–Crippen MR) is 120 cm³/mol. The van der Waals surface area contributed by atoms with Gasteiger partial charge in [0.1, 0.15) is 12.4 Å². The quantitative estimate of drug-likeness (QED) is 0.694. The molecular weight excluding hydrogens is 390 g/mol. The number of benzene rings is 2. The zero-order valence-corrected chi connectivity index (χ0v) is 17.5. The molecule has 2 heterocycles. The van der Waals surface area contributed by atoms with Crippen LogP contribution in [-0.2, 0) is 22.5 Å². The van der Waals surface area contributed by atoms with Crippen LogP contribution in [0.3, 0.4) is 0 Å². The maximum absolute atomic E-state index is 12.3. The molecule has 3 aromatic rings. The average Bonchev–Trinajstić information content (AvgIpc) is 2.81. The molecule has 0 spiro atoms. The molecule has 31 heavy (non-hydrogen) atoms. The molecule has 0 fully saturated rings. The van der Waals surface area contributed by atoms with Crippen molar-refractivity contribution in [3.8, 4) is 16.9 Å². The van der Waals surface area contributed by atoms with Crippen LogP contribution >= 0.6 is 0 Å². The van der Waals surface area contributed by atoms with Crippen LogP contribution in [-0.4, -0.2) is 48.7 Å². The minimum absolute atomic E-state index is 0.00665. The van der Waals surface area contributed by atoms with E-state index in [1.54, 1.807) is 11.1 Å². The van der Waals surface area contributed by atoms with E-state index in [0.717, 1.165) is 34.4 Å². The fourth-order valence-corrected chi connectivity index (χ4v) is 3.76. The van der Waals surface area contributed by atoms with Gasteiger partial charge in [-0.15, -0.1) is 0 Å². The molecule has 160 valence electrons. The van der Waals surface area contributed by atoms with E-state index in [-0.39, 0.29) is 12.5 Å². The molecule has 0 aliphatic carbocycles.